The van der Waals surface area contributed by atoms with Crippen LogP contribution in [-0.2, 0) is 14.8 Å². The van der Waals surface area contributed by atoms with Gasteiger partial charge in [-0.3, -0.25) is 0 Å². The number of carbonyl (C=O) groups excluding carboxylic acids is 1. The van der Waals surface area contributed by atoms with Gasteiger partial charge in [0.05, 0.1) is 11.5 Å². The van der Waals surface area contributed by atoms with E-state index in [1.165, 1.54) is 0 Å². The second kappa shape index (κ2) is 9.05. The molecule has 2 N–H and O–H groups in total. The number of nitrogens with zero attached hydrogens (tertiary/aromatic N) is 1. The van der Waals surface area contributed by atoms with E-state index < -0.39 is 40.8 Å². The Morgan fingerprint density at radius 3 is 2.32 bits per heavy atom. The summed E-state index contributed by atoms with van der Waals surface area (Å²) in [4.78, 5) is 12.8. The maximum Gasteiger partial charge on any atom is 0.427 e. The molecule has 158 valence electrons. The van der Waals surface area contributed by atoms with E-state index in [1.807, 2.05) is 0 Å². The highest BCUT2D eigenvalue weighted by atomic mass is 32.2. The summed E-state index contributed by atoms with van der Waals surface area (Å²) in [6.07, 6.45) is -7.91. The Labute approximate surface area is 159 Å². The highest BCUT2D eigenvalue weighted by Crippen LogP contribution is 2.24. The molecule has 0 spiro atoms. The van der Waals surface area contributed by atoms with Gasteiger partial charge in [-0.05, 0) is 43.0 Å². The quantitative estimate of drug-likeness (QED) is 0.675. The predicted octanol–water partition coefficient (Wildman–Crippen LogP) is 1.88. The highest BCUT2D eigenvalue weighted by molar-refractivity contribution is 7.89. The van der Waals surface area contributed by atoms with Gasteiger partial charge < -0.3 is 14.7 Å². The maximum absolute atomic E-state index is 12.9. The van der Waals surface area contributed by atoms with Crippen molar-refractivity contribution in [1.29, 1.82) is 0 Å². The molecule has 1 atom stereocenters. The normalized spacial score (nSPS) is 17.4. The molecule has 1 saturated heterocycles. The van der Waals surface area contributed by atoms with Gasteiger partial charge in [0.25, 0.3) is 0 Å². The van der Waals surface area contributed by atoms with Crippen molar-refractivity contribution < 1.29 is 40.6 Å². The van der Waals surface area contributed by atoms with Crippen molar-refractivity contribution in [2.75, 3.05) is 26.2 Å². The highest BCUT2D eigenvalue weighted by Gasteiger charge is 2.43. The van der Waals surface area contributed by atoms with Crippen LogP contribution in [0, 0.1) is 11.7 Å². The third kappa shape index (κ3) is 6.04. The third-order valence-electron chi connectivity index (χ3n) is 4.33. The summed E-state index contributed by atoms with van der Waals surface area (Å²) in [5, 5.41) is 8.70. The second-order valence-electron chi connectivity index (χ2n) is 6.33. The number of aliphatic hydroxyl groups is 1. The van der Waals surface area contributed by atoms with Crippen LogP contribution in [0.4, 0.5) is 22.4 Å². The molecule has 0 aromatic heterocycles. The molecular formula is C16H20F4N2O5S. The fraction of sp³-hybridized carbons (Fsp3) is 0.562. The Hall–Kier alpha value is -1.92. The molecule has 7 nitrogen and oxygen atoms in total. The molecular weight excluding hydrogens is 408 g/mol. The summed E-state index contributed by atoms with van der Waals surface area (Å²) < 4.78 is 81.5. The van der Waals surface area contributed by atoms with Crippen LogP contribution in [0.2, 0.25) is 0 Å². The topological polar surface area (TPSA) is 95.9 Å². The first kappa shape index (κ1) is 22.4. The molecule has 1 aromatic rings. The lowest BCUT2D eigenvalue weighted by Crippen LogP contribution is -2.45. The minimum Gasteiger partial charge on any atom is -0.434 e. The van der Waals surface area contributed by atoms with Crippen molar-refractivity contribution in [3.63, 3.8) is 0 Å². The van der Waals surface area contributed by atoms with E-state index in [9.17, 15) is 30.8 Å². The first-order valence-corrected chi connectivity index (χ1v) is 9.89. The van der Waals surface area contributed by atoms with Gasteiger partial charge >= 0.3 is 12.3 Å². The van der Waals surface area contributed by atoms with Crippen molar-refractivity contribution in [3.05, 3.63) is 30.1 Å². The molecule has 2 rings (SSSR count). The van der Waals surface area contributed by atoms with Crippen LogP contribution in [-0.4, -0.2) is 63.0 Å². The number of aliphatic hydroxyl groups excluding tert-OH is 1. The van der Waals surface area contributed by atoms with E-state index in [4.69, 9.17) is 5.11 Å². The number of sulfonamides is 1. The first-order chi connectivity index (χ1) is 13.0. The zero-order valence-corrected chi connectivity index (χ0v) is 15.5. The Balaban J connectivity index is 1.82. The van der Waals surface area contributed by atoms with Crippen molar-refractivity contribution in [3.8, 4) is 0 Å². The number of nitrogens with one attached hydrogen (secondary N) is 1. The molecule has 0 aliphatic carbocycles. The van der Waals surface area contributed by atoms with Gasteiger partial charge in [0, 0.05) is 19.6 Å². The van der Waals surface area contributed by atoms with Gasteiger partial charge in [-0.1, -0.05) is 0 Å². The Bertz CT molecular complexity index is 762. The fourth-order valence-electron chi connectivity index (χ4n) is 2.65. The van der Waals surface area contributed by atoms with Gasteiger partial charge in [-0.15, -0.1) is 0 Å². The summed E-state index contributed by atoms with van der Waals surface area (Å²) in [5.41, 5.74) is 0. The van der Waals surface area contributed by atoms with Crippen LogP contribution < -0.4 is 4.72 Å². The van der Waals surface area contributed by atoms with Crippen molar-refractivity contribution in [2.24, 2.45) is 5.92 Å². The molecule has 0 unspecified atom stereocenters. The minimum absolute atomic E-state index is 0.0738. The van der Waals surface area contributed by atoms with Crippen LogP contribution in [0.15, 0.2) is 29.2 Å². The zero-order chi connectivity index (χ0) is 20.9. The Morgan fingerprint density at radius 1 is 1.25 bits per heavy atom. The van der Waals surface area contributed by atoms with Crippen LogP contribution in [0.1, 0.15) is 12.8 Å². The molecule has 0 saturated carbocycles. The summed E-state index contributed by atoms with van der Waals surface area (Å²) in [6, 6.07) is 4.32. The minimum atomic E-state index is -4.86. The standard InChI is InChI=1S/C16H20F4N2O5S/c17-12-1-3-13(4-2-12)28(25,26)21-9-11-5-7-22(8-6-11)15(24)27-14(10-23)16(18,19)20/h1-4,11,14,21,23H,5-10H2/t14-/m1/s1. The lowest BCUT2D eigenvalue weighted by atomic mass is 9.97. The third-order valence-corrected chi connectivity index (χ3v) is 5.77. The maximum atomic E-state index is 12.9. The van der Waals surface area contributed by atoms with Crippen molar-refractivity contribution >= 4 is 16.1 Å². The largest absolute Gasteiger partial charge is 0.434 e. The van der Waals surface area contributed by atoms with E-state index in [2.05, 4.69) is 9.46 Å². The number of hydrogen-bond acceptors (Lipinski definition) is 5. The number of likely N-dealkylation sites (tertiary alicyclic amines) is 1. The Kier molecular flexibility index (Phi) is 7.23. The van der Waals surface area contributed by atoms with Gasteiger partial charge in [0.2, 0.25) is 16.1 Å². The number of halogens is 4. The number of hydrogen-bond donors (Lipinski definition) is 2. The number of carbonyl (C=O) groups is 1. The Morgan fingerprint density at radius 2 is 1.82 bits per heavy atom. The number of benzene rings is 1. The lowest BCUT2D eigenvalue weighted by Gasteiger charge is -2.32. The molecule has 12 heteroatoms. The number of rotatable bonds is 6. The van der Waals surface area contributed by atoms with Crippen molar-refractivity contribution in [2.45, 2.75) is 30.0 Å². The number of ether oxygens (including phenoxy) is 1. The number of alkyl halides is 3. The van der Waals surface area contributed by atoms with E-state index in [0.717, 1.165) is 29.2 Å². The summed E-state index contributed by atoms with van der Waals surface area (Å²) in [7, 11) is -3.82. The molecule has 1 aromatic carbocycles. The number of amides is 1. The molecule has 0 radical (unpaired) electrons. The number of piperidine rings is 1. The van der Waals surface area contributed by atoms with Crippen molar-refractivity contribution in [1.82, 2.24) is 9.62 Å². The summed E-state index contributed by atoms with van der Waals surface area (Å²) >= 11 is 0. The van der Waals surface area contributed by atoms with E-state index in [1.54, 1.807) is 0 Å². The predicted molar refractivity (Wildman–Crippen MR) is 89.3 cm³/mol. The zero-order valence-electron chi connectivity index (χ0n) is 14.7. The first-order valence-electron chi connectivity index (χ1n) is 8.41. The molecule has 28 heavy (non-hydrogen) atoms. The molecule has 1 fully saturated rings. The lowest BCUT2D eigenvalue weighted by molar-refractivity contribution is -0.214. The average Bonchev–Trinajstić information content (AvgIpc) is 2.64. The summed E-state index contributed by atoms with van der Waals surface area (Å²) in [6.45, 7) is -1.10. The van der Waals surface area contributed by atoms with Gasteiger partial charge in [-0.2, -0.15) is 13.2 Å². The van der Waals surface area contributed by atoms with Crippen LogP contribution in [0.5, 0.6) is 0 Å². The van der Waals surface area contributed by atoms with Crippen LogP contribution >= 0.6 is 0 Å². The van der Waals surface area contributed by atoms with Gasteiger partial charge in [0.1, 0.15) is 5.82 Å². The van der Waals surface area contributed by atoms with Crippen LogP contribution in [0.25, 0.3) is 0 Å². The smallest absolute Gasteiger partial charge is 0.427 e. The summed E-state index contributed by atoms with van der Waals surface area (Å²) in [5.74, 6) is -0.692. The fourth-order valence-corrected chi connectivity index (χ4v) is 3.76. The van der Waals surface area contributed by atoms with Crippen LogP contribution in [0.3, 0.4) is 0 Å². The SMILES string of the molecule is O=C(O[C@H](CO)C(F)(F)F)N1CCC(CNS(=O)(=O)c2ccc(F)cc2)CC1. The molecule has 0 bridgehead atoms. The second-order valence-corrected chi connectivity index (χ2v) is 8.10. The van der Waals surface area contributed by atoms with Gasteiger partial charge in [-0.25, -0.2) is 22.3 Å². The molecule has 1 amide bonds. The average molecular weight is 428 g/mol. The molecule has 1 aliphatic rings. The molecule has 1 aliphatic heterocycles. The van der Waals surface area contributed by atoms with E-state index >= 15 is 0 Å². The molecule has 1 heterocycles. The van der Waals surface area contributed by atoms with E-state index in [-0.39, 0.29) is 30.4 Å². The van der Waals surface area contributed by atoms with E-state index in [0.29, 0.717) is 12.8 Å². The monoisotopic (exact) mass is 428 g/mol. The van der Waals surface area contributed by atoms with Gasteiger partial charge in [0.15, 0.2) is 0 Å².